The number of fused-ring (bicyclic) bond motifs is 1. The van der Waals surface area contributed by atoms with Crippen LogP contribution < -0.4 is 15.2 Å². The monoisotopic (exact) mass is 419 g/mol. The molecule has 1 atom stereocenters. The second-order valence-electron chi connectivity index (χ2n) is 6.34. The Morgan fingerprint density at radius 2 is 2.07 bits per heavy atom. The third-order valence-electron chi connectivity index (χ3n) is 4.52. The van der Waals surface area contributed by atoms with Crippen molar-refractivity contribution < 1.29 is 19.2 Å². The van der Waals surface area contributed by atoms with Crippen LogP contribution in [0.2, 0.25) is 0 Å². The van der Waals surface area contributed by atoms with Crippen LogP contribution in [0.15, 0.2) is 71.4 Å². The Balaban J connectivity index is 1.65. The van der Waals surface area contributed by atoms with E-state index < -0.39 is 10.9 Å². The predicted molar refractivity (Wildman–Crippen MR) is 108 cm³/mol. The second-order valence-corrected chi connectivity index (χ2v) is 7.32. The third-order valence-corrected chi connectivity index (χ3v) is 5.46. The highest BCUT2D eigenvalue weighted by Gasteiger charge is 2.31. The van der Waals surface area contributed by atoms with Crippen LogP contribution in [0.5, 0.6) is 11.5 Å². The lowest BCUT2D eigenvalue weighted by Gasteiger charge is -2.25. The molecular formula is C21H13N3O5S. The number of nitro benzene ring substituents is 1. The van der Waals surface area contributed by atoms with Crippen molar-refractivity contribution in [2.45, 2.75) is 5.92 Å². The number of esters is 1. The number of nitrogens with zero attached hydrogens (tertiary/aromatic N) is 2. The van der Waals surface area contributed by atoms with Gasteiger partial charge >= 0.3 is 5.97 Å². The topological polar surface area (TPSA) is 128 Å². The number of benzene rings is 2. The Labute approximate surface area is 174 Å². The Hall–Kier alpha value is -4.16. The average Bonchev–Trinajstić information content (AvgIpc) is 3.27. The van der Waals surface area contributed by atoms with E-state index in [-0.39, 0.29) is 28.8 Å². The quantitative estimate of drug-likeness (QED) is 0.292. The number of nitrogens with two attached hydrogens (primary N) is 1. The lowest BCUT2D eigenvalue weighted by Crippen LogP contribution is -2.20. The number of carbonyl (C=O) groups excluding carboxylic acids is 1. The molecule has 0 aliphatic carbocycles. The predicted octanol–water partition coefficient (Wildman–Crippen LogP) is 4.09. The fourth-order valence-electron chi connectivity index (χ4n) is 3.16. The maximum absolute atomic E-state index is 12.4. The van der Waals surface area contributed by atoms with Gasteiger partial charge in [-0.25, -0.2) is 4.79 Å². The number of allylic oxidation sites excluding steroid dienone is 1. The number of nitriles is 1. The van der Waals surface area contributed by atoms with Crippen molar-refractivity contribution in [2.24, 2.45) is 5.73 Å². The molecule has 0 saturated carbocycles. The molecule has 2 heterocycles. The molecule has 9 heteroatoms. The van der Waals surface area contributed by atoms with Crippen molar-refractivity contribution in [2.75, 3.05) is 0 Å². The molecular weight excluding hydrogens is 406 g/mol. The van der Waals surface area contributed by atoms with Crippen LogP contribution in [0.25, 0.3) is 0 Å². The third kappa shape index (κ3) is 3.47. The minimum absolute atomic E-state index is 0.00874. The molecule has 0 radical (unpaired) electrons. The minimum atomic E-state index is -0.745. The summed E-state index contributed by atoms with van der Waals surface area (Å²) in [5.74, 6) is -0.575. The normalized spacial score (nSPS) is 15.0. The van der Waals surface area contributed by atoms with Crippen molar-refractivity contribution in [1.29, 1.82) is 5.26 Å². The molecule has 0 spiro atoms. The van der Waals surface area contributed by atoms with Gasteiger partial charge in [-0.2, -0.15) is 5.26 Å². The molecule has 8 nitrogen and oxygen atoms in total. The Morgan fingerprint density at radius 1 is 1.23 bits per heavy atom. The number of hydrogen-bond acceptors (Lipinski definition) is 8. The zero-order valence-corrected chi connectivity index (χ0v) is 16.1. The molecule has 3 aromatic rings. The number of hydrogen-bond donors (Lipinski definition) is 1. The second kappa shape index (κ2) is 7.69. The Bertz CT molecular complexity index is 1230. The number of carbonyl (C=O) groups is 1. The van der Waals surface area contributed by atoms with Gasteiger partial charge < -0.3 is 15.2 Å². The van der Waals surface area contributed by atoms with E-state index in [1.807, 2.05) is 17.5 Å². The van der Waals surface area contributed by atoms with E-state index >= 15 is 0 Å². The number of ether oxygens (including phenoxy) is 2. The van der Waals surface area contributed by atoms with E-state index in [9.17, 15) is 20.2 Å². The van der Waals surface area contributed by atoms with Gasteiger partial charge in [-0.05, 0) is 23.6 Å². The fraction of sp³-hybridized carbons (Fsp3) is 0.0476. The highest BCUT2D eigenvalue weighted by atomic mass is 32.1. The summed E-state index contributed by atoms with van der Waals surface area (Å²) in [6.45, 7) is 0. The molecule has 148 valence electrons. The molecule has 1 aliphatic rings. The molecule has 0 fully saturated rings. The van der Waals surface area contributed by atoms with Crippen molar-refractivity contribution in [3.8, 4) is 17.6 Å². The van der Waals surface area contributed by atoms with Crippen LogP contribution in [-0.2, 0) is 0 Å². The first-order valence-corrected chi connectivity index (χ1v) is 9.57. The number of non-ortho nitro benzene ring substituents is 1. The number of thiophene rings is 1. The van der Waals surface area contributed by atoms with Gasteiger partial charge in [0.25, 0.3) is 5.69 Å². The summed E-state index contributed by atoms with van der Waals surface area (Å²) in [6.07, 6.45) is 0. The summed E-state index contributed by atoms with van der Waals surface area (Å²) in [5.41, 5.74) is 6.83. The summed E-state index contributed by atoms with van der Waals surface area (Å²) in [5, 5.41) is 22.3. The molecule has 30 heavy (non-hydrogen) atoms. The van der Waals surface area contributed by atoms with Crippen molar-refractivity contribution in [3.63, 3.8) is 0 Å². The summed E-state index contributed by atoms with van der Waals surface area (Å²) in [7, 11) is 0. The summed E-state index contributed by atoms with van der Waals surface area (Å²) in [6, 6.07) is 16.0. The maximum atomic E-state index is 12.4. The van der Waals surface area contributed by atoms with Crippen molar-refractivity contribution in [3.05, 3.63) is 97.6 Å². The number of rotatable bonds is 4. The first-order chi connectivity index (χ1) is 14.5. The summed E-state index contributed by atoms with van der Waals surface area (Å²) < 4.78 is 11.0. The standard InChI is InChI=1S/C21H13N3O5S/c22-11-16-19(18-5-2-8-30-18)15-7-6-14(10-17(15)29-20(16)23)28-21(25)12-3-1-4-13(9-12)24(26)27/h1-10,19H,23H2. The van der Waals surface area contributed by atoms with Crippen LogP contribution >= 0.6 is 11.3 Å². The van der Waals surface area contributed by atoms with E-state index in [0.29, 0.717) is 11.3 Å². The van der Waals surface area contributed by atoms with Gasteiger partial charge in [-0.3, -0.25) is 10.1 Å². The van der Waals surface area contributed by atoms with Crippen LogP contribution in [0.3, 0.4) is 0 Å². The molecule has 1 aromatic heterocycles. The van der Waals surface area contributed by atoms with E-state index in [1.165, 1.54) is 35.6 Å². The summed E-state index contributed by atoms with van der Waals surface area (Å²) >= 11 is 1.49. The molecule has 0 saturated heterocycles. The number of nitro groups is 1. The summed E-state index contributed by atoms with van der Waals surface area (Å²) in [4.78, 5) is 23.7. The molecule has 1 aliphatic heterocycles. The first kappa shape index (κ1) is 19.2. The highest BCUT2D eigenvalue weighted by Crippen LogP contribution is 2.44. The molecule has 0 bridgehead atoms. The molecule has 2 N–H and O–H groups in total. The van der Waals surface area contributed by atoms with Crippen LogP contribution in [-0.4, -0.2) is 10.9 Å². The molecule has 0 amide bonds. The van der Waals surface area contributed by atoms with E-state index in [1.54, 1.807) is 12.1 Å². The Morgan fingerprint density at radius 3 is 2.77 bits per heavy atom. The van der Waals surface area contributed by atoms with Crippen LogP contribution in [0, 0.1) is 21.4 Å². The molecule has 2 aromatic carbocycles. The van der Waals surface area contributed by atoms with E-state index in [2.05, 4.69) is 6.07 Å². The van der Waals surface area contributed by atoms with Gasteiger partial charge in [0.15, 0.2) is 0 Å². The van der Waals surface area contributed by atoms with Crippen molar-refractivity contribution >= 4 is 23.0 Å². The largest absolute Gasteiger partial charge is 0.440 e. The lowest BCUT2D eigenvalue weighted by atomic mass is 9.88. The van der Waals surface area contributed by atoms with Crippen LogP contribution in [0.4, 0.5) is 5.69 Å². The first-order valence-electron chi connectivity index (χ1n) is 8.69. The highest BCUT2D eigenvalue weighted by molar-refractivity contribution is 7.10. The molecule has 1 unspecified atom stereocenters. The van der Waals surface area contributed by atoms with E-state index in [0.717, 1.165) is 16.5 Å². The van der Waals surface area contributed by atoms with Gasteiger partial charge in [0.05, 0.1) is 16.4 Å². The van der Waals surface area contributed by atoms with Gasteiger partial charge in [-0.15, -0.1) is 11.3 Å². The molecule has 4 rings (SSSR count). The van der Waals surface area contributed by atoms with E-state index in [4.69, 9.17) is 15.2 Å². The Kier molecular flexibility index (Phi) is 4.92. The van der Waals surface area contributed by atoms with Gasteiger partial charge in [0.2, 0.25) is 5.88 Å². The SMILES string of the molecule is N#CC1=C(N)Oc2cc(OC(=O)c3cccc([N+](=O)[O-])c3)ccc2C1c1cccs1. The van der Waals surface area contributed by atoms with Gasteiger partial charge in [0, 0.05) is 28.6 Å². The zero-order chi connectivity index (χ0) is 21.3. The smallest absolute Gasteiger partial charge is 0.343 e. The van der Waals surface area contributed by atoms with Crippen LogP contribution in [0.1, 0.15) is 26.7 Å². The fourth-order valence-corrected chi connectivity index (χ4v) is 4.01. The zero-order valence-electron chi connectivity index (χ0n) is 15.3. The average molecular weight is 419 g/mol. The maximum Gasteiger partial charge on any atom is 0.343 e. The van der Waals surface area contributed by atoms with Crippen molar-refractivity contribution in [1.82, 2.24) is 0 Å². The van der Waals surface area contributed by atoms with Gasteiger partial charge in [-0.1, -0.05) is 18.2 Å². The minimum Gasteiger partial charge on any atom is -0.440 e. The lowest BCUT2D eigenvalue weighted by molar-refractivity contribution is -0.384. The van der Waals surface area contributed by atoms with Gasteiger partial charge in [0.1, 0.15) is 23.1 Å².